The van der Waals surface area contributed by atoms with Crippen molar-refractivity contribution in [3.63, 3.8) is 0 Å². The molecule has 0 aromatic heterocycles. The van der Waals surface area contributed by atoms with E-state index in [2.05, 4.69) is 0 Å². The van der Waals surface area contributed by atoms with Crippen LogP contribution in [0.1, 0.15) is 0 Å². The normalized spacial score (nSPS) is 11.1. The molecule has 0 bridgehead atoms. The third kappa shape index (κ3) is 2.78. The summed E-state index contributed by atoms with van der Waals surface area (Å²) in [6, 6.07) is 3.30. The van der Waals surface area contributed by atoms with E-state index in [-0.39, 0.29) is 19.8 Å². The van der Waals surface area contributed by atoms with E-state index in [1.54, 1.807) is 0 Å². The van der Waals surface area contributed by atoms with E-state index in [0.29, 0.717) is 12.1 Å². The topological polar surface area (TPSA) is 63.5 Å². The van der Waals surface area contributed by atoms with Crippen LogP contribution in [0.3, 0.4) is 0 Å². The molecular weight excluding hydrogens is 333 g/mol. The van der Waals surface area contributed by atoms with Gasteiger partial charge in [0, 0.05) is 35.4 Å². The summed E-state index contributed by atoms with van der Waals surface area (Å²) >= 11 is 8.98. The van der Waals surface area contributed by atoms with Gasteiger partial charge in [-0.3, -0.25) is 0 Å². The fourth-order valence-electron chi connectivity index (χ4n) is 1.45. The second kappa shape index (κ2) is 5.65. The molecule has 106 valence electrons. The predicted molar refractivity (Wildman–Crippen MR) is 70.8 cm³/mol. The molecule has 0 amide bonds. The summed E-state index contributed by atoms with van der Waals surface area (Å²) < 4.78 is 38.5. The van der Waals surface area contributed by atoms with Crippen LogP contribution in [0.5, 0.6) is 11.5 Å². The number of aromatic hydroxyl groups is 2. The smallest absolute Gasteiger partial charge is 0.201 e. The average molecular weight is 339 g/mol. The SMILES string of the molecule is [O-][S+](c1cc(Cl)c(F)cc1O)c1cc(Cl)c(F)cc1O. The van der Waals surface area contributed by atoms with E-state index in [1.165, 1.54) is 0 Å². The first-order valence-electron chi connectivity index (χ1n) is 5.09. The Morgan fingerprint density at radius 2 is 1.20 bits per heavy atom. The average Bonchev–Trinajstić information content (AvgIpc) is 2.37. The van der Waals surface area contributed by atoms with E-state index in [4.69, 9.17) is 23.2 Å². The molecule has 0 saturated carbocycles. The van der Waals surface area contributed by atoms with E-state index in [9.17, 15) is 23.5 Å². The Morgan fingerprint density at radius 3 is 1.55 bits per heavy atom. The predicted octanol–water partition coefficient (Wildman–Crippen LogP) is 3.85. The number of phenolic OH excluding ortho intramolecular Hbond substituents is 2. The summed E-state index contributed by atoms with van der Waals surface area (Å²) in [4.78, 5) is -0.455. The Kier molecular flexibility index (Phi) is 4.29. The maximum absolute atomic E-state index is 13.1. The van der Waals surface area contributed by atoms with Crippen LogP contribution in [0.25, 0.3) is 0 Å². The lowest BCUT2D eigenvalue weighted by atomic mass is 10.3. The summed E-state index contributed by atoms with van der Waals surface area (Å²) in [6.07, 6.45) is 0. The minimum Gasteiger partial charge on any atom is -0.606 e. The highest BCUT2D eigenvalue weighted by Gasteiger charge is 2.26. The fourth-order valence-corrected chi connectivity index (χ4v) is 3.09. The zero-order valence-corrected chi connectivity index (χ0v) is 11.9. The molecule has 3 nitrogen and oxygen atoms in total. The van der Waals surface area contributed by atoms with Crippen molar-refractivity contribution in [2.24, 2.45) is 0 Å². The monoisotopic (exact) mass is 338 g/mol. The van der Waals surface area contributed by atoms with Crippen LogP contribution >= 0.6 is 23.2 Å². The number of benzene rings is 2. The van der Waals surface area contributed by atoms with Crippen molar-refractivity contribution in [1.29, 1.82) is 0 Å². The van der Waals surface area contributed by atoms with Crippen molar-refractivity contribution >= 4 is 34.4 Å². The molecule has 2 aromatic rings. The van der Waals surface area contributed by atoms with Crippen molar-refractivity contribution in [2.75, 3.05) is 0 Å². The molecule has 2 rings (SSSR count). The van der Waals surface area contributed by atoms with Gasteiger partial charge in [-0.2, -0.15) is 0 Å². The van der Waals surface area contributed by atoms with E-state index < -0.39 is 34.3 Å². The second-order valence-corrected chi connectivity index (χ2v) is 5.97. The molecule has 0 saturated heterocycles. The minimum absolute atomic E-state index is 0.227. The fraction of sp³-hybridized carbons (Fsp3) is 0. The van der Waals surface area contributed by atoms with Gasteiger partial charge in [-0.25, -0.2) is 8.78 Å². The number of phenols is 2. The lowest BCUT2D eigenvalue weighted by Crippen LogP contribution is -2.04. The van der Waals surface area contributed by atoms with E-state index in [0.717, 1.165) is 12.1 Å². The molecule has 0 atom stereocenters. The Bertz CT molecular complexity index is 625. The van der Waals surface area contributed by atoms with Crippen LogP contribution in [-0.4, -0.2) is 14.8 Å². The molecule has 2 aromatic carbocycles. The molecule has 0 radical (unpaired) electrons. The van der Waals surface area contributed by atoms with Gasteiger partial charge in [0.25, 0.3) is 0 Å². The number of hydrogen-bond donors (Lipinski definition) is 2. The van der Waals surface area contributed by atoms with Gasteiger partial charge < -0.3 is 14.8 Å². The van der Waals surface area contributed by atoms with Gasteiger partial charge in [0.05, 0.1) is 10.0 Å². The molecule has 0 heterocycles. The van der Waals surface area contributed by atoms with E-state index in [1.807, 2.05) is 0 Å². The summed E-state index contributed by atoms with van der Waals surface area (Å²) in [7, 11) is 0. The molecule has 0 aliphatic heterocycles. The standard InChI is InChI=1S/C12H6Cl2F2O3S/c13-5-1-11(9(17)3-7(5)15)20(19)12-2-6(14)8(16)4-10(12)18/h1-4,17-18H. The van der Waals surface area contributed by atoms with Crippen molar-refractivity contribution in [1.82, 2.24) is 0 Å². The van der Waals surface area contributed by atoms with Gasteiger partial charge in [-0.05, 0) is 0 Å². The minimum atomic E-state index is -2.11. The van der Waals surface area contributed by atoms with Crippen LogP contribution in [0.4, 0.5) is 8.78 Å². The molecule has 0 fully saturated rings. The Balaban J connectivity index is 2.54. The third-order valence-electron chi connectivity index (χ3n) is 2.40. The quantitative estimate of drug-likeness (QED) is 0.817. The third-order valence-corrected chi connectivity index (χ3v) is 4.44. The summed E-state index contributed by atoms with van der Waals surface area (Å²) in [6.45, 7) is 0. The van der Waals surface area contributed by atoms with Crippen molar-refractivity contribution in [3.05, 3.63) is 45.9 Å². The molecule has 0 spiro atoms. The highest BCUT2D eigenvalue weighted by molar-refractivity contribution is 7.91. The highest BCUT2D eigenvalue weighted by Crippen LogP contribution is 2.37. The van der Waals surface area contributed by atoms with Crippen molar-refractivity contribution in [3.8, 4) is 11.5 Å². The highest BCUT2D eigenvalue weighted by atomic mass is 35.5. The molecule has 2 N–H and O–H groups in total. The number of rotatable bonds is 2. The van der Waals surface area contributed by atoms with Gasteiger partial charge in [0.2, 0.25) is 9.79 Å². The van der Waals surface area contributed by atoms with Crippen LogP contribution < -0.4 is 0 Å². The molecule has 0 aliphatic carbocycles. The van der Waals surface area contributed by atoms with Crippen molar-refractivity contribution < 1.29 is 23.5 Å². The van der Waals surface area contributed by atoms with Gasteiger partial charge in [0.15, 0.2) is 11.5 Å². The number of halogens is 4. The first kappa shape index (κ1) is 15.2. The lowest BCUT2D eigenvalue weighted by Gasteiger charge is -2.13. The number of hydrogen-bond acceptors (Lipinski definition) is 3. The zero-order valence-electron chi connectivity index (χ0n) is 9.53. The summed E-state index contributed by atoms with van der Waals surface area (Å²) in [5.74, 6) is -2.98. The Morgan fingerprint density at radius 1 is 0.850 bits per heavy atom. The first-order chi connectivity index (χ1) is 9.31. The van der Waals surface area contributed by atoms with Crippen LogP contribution in [0, 0.1) is 11.6 Å². The van der Waals surface area contributed by atoms with Gasteiger partial charge in [0.1, 0.15) is 11.6 Å². The Labute approximate surface area is 125 Å². The van der Waals surface area contributed by atoms with Gasteiger partial charge >= 0.3 is 0 Å². The molecule has 0 aliphatic rings. The van der Waals surface area contributed by atoms with Crippen LogP contribution in [0.2, 0.25) is 10.0 Å². The zero-order chi connectivity index (χ0) is 15.0. The largest absolute Gasteiger partial charge is 0.606 e. The Hall–Kier alpha value is -1.21. The summed E-state index contributed by atoms with van der Waals surface area (Å²) in [5.41, 5.74) is 0. The van der Waals surface area contributed by atoms with Crippen molar-refractivity contribution in [2.45, 2.75) is 9.79 Å². The summed E-state index contributed by atoms with van der Waals surface area (Å²) in [5, 5.41) is 18.5. The molecule has 8 heteroatoms. The lowest BCUT2D eigenvalue weighted by molar-refractivity contribution is 0.447. The molecule has 20 heavy (non-hydrogen) atoms. The van der Waals surface area contributed by atoms with Crippen LogP contribution in [0.15, 0.2) is 34.1 Å². The van der Waals surface area contributed by atoms with Gasteiger partial charge in [-0.1, -0.05) is 23.2 Å². The van der Waals surface area contributed by atoms with Gasteiger partial charge in [-0.15, -0.1) is 0 Å². The van der Waals surface area contributed by atoms with Crippen LogP contribution in [-0.2, 0) is 11.2 Å². The maximum atomic E-state index is 13.1. The molecule has 0 unspecified atom stereocenters. The van der Waals surface area contributed by atoms with E-state index >= 15 is 0 Å². The first-order valence-corrected chi connectivity index (χ1v) is 6.99. The second-order valence-electron chi connectivity index (χ2n) is 3.74. The molecular formula is C12H6Cl2F2O3S. The maximum Gasteiger partial charge on any atom is 0.201 e.